The van der Waals surface area contributed by atoms with Gasteiger partial charge in [-0.25, -0.2) is 0 Å². The fourth-order valence-corrected chi connectivity index (χ4v) is 3.19. The van der Waals surface area contributed by atoms with E-state index in [1.807, 2.05) is 54.6 Å². The van der Waals surface area contributed by atoms with E-state index in [-0.39, 0.29) is 11.6 Å². The van der Waals surface area contributed by atoms with Crippen molar-refractivity contribution < 1.29 is 14.5 Å². The molecule has 0 saturated carbocycles. The molecule has 0 unspecified atom stereocenters. The molecule has 0 bridgehead atoms. The van der Waals surface area contributed by atoms with Gasteiger partial charge in [-0.15, -0.1) is 0 Å². The molecule has 0 radical (unpaired) electrons. The van der Waals surface area contributed by atoms with Gasteiger partial charge in [0.1, 0.15) is 11.5 Å². The van der Waals surface area contributed by atoms with Gasteiger partial charge >= 0.3 is 0 Å². The first kappa shape index (κ1) is 19.1. The fraction of sp³-hybridized carbons (Fsp3) is 0.0435. The minimum absolute atomic E-state index is 0.0533. The van der Waals surface area contributed by atoms with Crippen molar-refractivity contribution in [2.45, 2.75) is 0 Å². The van der Waals surface area contributed by atoms with E-state index >= 15 is 0 Å². The van der Waals surface area contributed by atoms with Crippen molar-refractivity contribution in [2.75, 3.05) is 12.1 Å². The summed E-state index contributed by atoms with van der Waals surface area (Å²) in [6.45, 7) is 0. The summed E-state index contributed by atoms with van der Waals surface area (Å²) >= 11 is 0. The molecule has 30 heavy (non-hydrogen) atoms. The molecule has 1 heterocycles. The number of hydrazone groups is 1. The van der Waals surface area contributed by atoms with Gasteiger partial charge in [-0.3, -0.25) is 14.9 Å². The number of nitro benzene ring substituents is 1. The maximum atomic E-state index is 13.3. The van der Waals surface area contributed by atoms with Crippen LogP contribution in [0.3, 0.4) is 0 Å². The van der Waals surface area contributed by atoms with Crippen LogP contribution in [-0.4, -0.2) is 23.7 Å². The molecule has 0 spiro atoms. The van der Waals surface area contributed by atoms with Gasteiger partial charge in [0.05, 0.1) is 23.3 Å². The van der Waals surface area contributed by atoms with Gasteiger partial charge in [0.2, 0.25) is 0 Å². The van der Waals surface area contributed by atoms with Gasteiger partial charge in [0.15, 0.2) is 0 Å². The summed E-state index contributed by atoms with van der Waals surface area (Å²) in [5, 5.41) is 16.7. The minimum Gasteiger partial charge on any atom is -0.496 e. The van der Waals surface area contributed by atoms with Crippen LogP contribution in [-0.2, 0) is 4.79 Å². The zero-order valence-corrected chi connectivity index (χ0v) is 16.1. The molecule has 0 saturated heterocycles. The van der Waals surface area contributed by atoms with Gasteiger partial charge in [-0.1, -0.05) is 48.5 Å². The van der Waals surface area contributed by atoms with E-state index < -0.39 is 4.92 Å². The van der Waals surface area contributed by atoms with Crippen LogP contribution in [0.1, 0.15) is 11.1 Å². The van der Waals surface area contributed by atoms with Crippen molar-refractivity contribution in [3.8, 4) is 5.75 Å². The summed E-state index contributed by atoms with van der Waals surface area (Å²) < 4.78 is 5.41. The number of carbonyl (C=O) groups is 1. The summed E-state index contributed by atoms with van der Waals surface area (Å²) in [4.78, 5) is 23.7. The average molecular weight is 399 g/mol. The lowest BCUT2D eigenvalue weighted by Crippen LogP contribution is -2.21. The first-order chi connectivity index (χ1) is 14.6. The zero-order valence-electron chi connectivity index (χ0n) is 16.1. The summed E-state index contributed by atoms with van der Waals surface area (Å²) in [6, 6.07) is 22.5. The first-order valence-corrected chi connectivity index (χ1v) is 9.16. The van der Waals surface area contributed by atoms with Crippen LogP contribution in [0.15, 0.2) is 89.5 Å². The van der Waals surface area contributed by atoms with Crippen LogP contribution in [0.2, 0.25) is 0 Å². The number of anilines is 1. The van der Waals surface area contributed by atoms with Gasteiger partial charge in [-0.05, 0) is 24.3 Å². The quantitative estimate of drug-likeness (QED) is 0.361. The van der Waals surface area contributed by atoms with Crippen molar-refractivity contribution in [1.29, 1.82) is 0 Å². The minimum atomic E-state index is -0.485. The Balaban J connectivity index is 1.81. The number of amides is 1. The molecule has 0 atom stereocenters. The number of rotatable bonds is 5. The molecule has 0 aromatic heterocycles. The summed E-state index contributed by atoms with van der Waals surface area (Å²) in [7, 11) is 1.57. The summed E-state index contributed by atoms with van der Waals surface area (Å²) in [5.74, 6) is 0.313. The molecule has 3 aromatic carbocycles. The smallest absolute Gasteiger partial charge is 0.281 e. The van der Waals surface area contributed by atoms with Crippen molar-refractivity contribution in [3.05, 3.63) is 106 Å². The van der Waals surface area contributed by atoms with E-state index in [2.05, 4.69) is 5.10 Å². The Morgan fingerprint density at radius 3 is 2.30 bits per heavy atom. The Morgan fingerprint density at radius 2 is 1.63 bits per heavy atom. The number of non-ortho nitro benzene ring substituents is 1. The normalized spacial score (nSPS) is 14.7. The SMILES string of the molecule is COc1ccccc1C=C1C(=O)N(c2ccc([N+](=O)[O-])cc2)N=C1c1ccccc1. The van der Waals surface area contributed by atoms with E-state index in [1.54, 1.807) is 13.2 Å². The molecule has 0 N–H and O–H groups in total. The second-order valence-electron chi connectivity index (χ2n) is 6.51. The number of benzene rings is 3. The molecule has 1 aliphatic heterocycles. The van der Waals surface area contributed by atoms with E-state index in [0.29, 0.717) is 22.7 Å². The second kappa shape index (κ2) is 8.00. The predicted molar refractivity (Wildman–Crippen MR) is 115 cm³/mol. The van der Waals surface area contributed by atoms with Crippen LogP contribution in [0.5, 0.6) is 5.75 Å². The fourth-order valence-electron chi connectivity index (χ4n) is 3.19. The molecule has 1 amide bonds. The molecule has 148 valence electrons. The van der Waals surface area contributed by atoms with Gasteiger partial charge < -0.3 is 4.74 Å². The topological polar surface area (TPSA) is 85.0 Å². The molecule has 7 nitrogen and oxygen atoms in total. The number of nitrogens with zero attached hydrogens (tertiary/aromatic N) is 3. The number of hydrogen-bond acceptors (Lipinski definition) is 5. The van der Waals surface area contributed by atoms with E-state index in [0.717, 1.165) is 11.1 Å². The summed E-state index contributed by atoms with van der Waals surface area (Å²) in [6.07, 6.45) is 1.75. The zero-order chi connectivity index (χ0) is 21.1. The van der Waals surface area contributed by atoms with Crippen molar-refractivity contribution >= 4 is 29.1 Å². The largest absolute Gasteiger partial charge is 0.496 e. The Hall–Kier alpha value is -4.26. The number of carbonyl (C=O) groups excluding carboxylic acids is 1. The van der Waals surface area contributed by atoms with E-state index in [9.17, 15) is 14.9 Å². The van der Waals surface area contributed by atoms with Gasteiger partial charge in [0.25, 0.3) is 11.6 Å². The van der Waals surface area contributed by atoms with Crippen molar-refractivity contribution in [1.82, 2.24) is 0 Å². The Kier molecular flexibility index (Phi) is 5.09. The molecular weight excluding hydrogens is 382 g/mol. The molecule has 3 aromatic rings. The van der Waals surface area contributed by atoms with E-state index in [4.69, 9.17) is 4.74 Å². The number of methoxy groups -OCH3 is 1. The van der Waals surface area contributed by atoms with Gasteiger partial charge in [-0.2, -0.15) is 10.1 Å². The lowest BCUT2D eigenvalue weighted by molar-refractivity contribution is -0.384. The number of para-hydroxylation sites is 1. The molecule has 0 aliphatic carbocycles. The lowest BCUT2D eigenvalue weighted by Gasteiger charge is -2.11. The number of nitro groups is 1. The Bertz CT molecular complexity index is 1170. The Labute approximate surface area is 172 Å². The number of hydrogen-bond donors (Lipinski definition) is 0. The average Bonchev–Trinajstić information content (AvgIpc) is 3.11. The van der Waals surface area contributed by atoms with Crippen LogP contribution in [0.25, 0.3) is 6.08 Å². The maximum Gasteiger partial charge on any atom is 0.281 e. The maximum absolute atomic E-state index is 13.3. The monoisotopic (exact) mass is 399 g/mol. The first-order valence-electron chi connectivity index (χ1n) is 9.16. The van der Waals surface area contributed by atoms with Gasteiger partial charge in [0, 0.05) is 23.3 Å². The van der Waals surface area contributed by atoms with E-state index in [1.165, 1.54) is 29.3 Å². The van der Waals surface area contributed by atoms with Crippen molar-refractivity contribution in [2.24, 2.45) is 5.10 Å². The van der Waals surface area contributed by atoms with Crippen LogP contribution in [0, 0.1) is 10.1 Å². The number of ether oxygens (including phenoxy) is 1. The highest BCUT2D eigenvalue weighted by molar-refractivity contribution is 6.37. The third kappa shape index (κ3) is 3.56. The predicted octanol–water partition coefficient (Wildman–Crippen LogP) is 4.44. The van der Waals surface area contributed by atoms with Crippen molar-refractivity contribution in [3.63, 3.8) is 0 Å². The molecular formula is C23H17N3O4. The van der Waals surface area contributed by atoms with Crippen LogP contribution in [0.4, 0.5) is 11.4 Å². The second-order valence-corrected chi connectivity index (χ2v) is 6.51. The third-order valence-corrected chi connectivity index (χ3v) is 4.67. The molecule has 4 rings (SSSR count). The Morgan fingerprint density at radius 1 is 0.967 bits per heavy atom. The summed E-state index contributed by atoms with van der Waals surface area (Å²) in [5.41, 5.74) is 2.85. The van der Waals surface area contributed by atoms with Crippen LogP contribution < -0.4 is 9.75 Å². The standard InChI is InChI=1S/C23H17N3O4/c1-30-21-10-6-5-9-17(21)15-20-22(16-7-3-2-4-8-16)24-25(23(20)27)18-11-13-19(14-12-18)26(28)29/h2-15H,1H3. The molecule has 1 aliphatic rings. The highest BCUT2D eigenvalue weighted by atomic mass is 16.6. The lowest BCUT2D eigenvalue weighted by atomic mass is 10.00. The highest BCUT2D eigenvalue weighted by Crippen LogP contribution is 2.30. The third-order valence-electron chi connectivity index (χ3n) is 4.67. The highest BCUT2D eigenvalue weighted by Gasteiger charge is 2.32. The van der Waals surface area contributed by atoms with Crippen LogP contribution >= 0.6 is 0 Å². The molecule has 7 heteroatoms. The molecule has 0 fully saturated rings.